The predicted octanol–water partition coefficient (Wildman–Crippen LogP) is 3.66. The lowest BCUT2D eigenvalue weighted by atomic mass is 9.95. The topological polar surface area (TPSA) is 50.7 Å². The minimum absolute atomic E-state index is 0.598. The van der Waals surface area contributed by atoms with Crippen LogP contribution in [-0.4, -0.2) is 67.5 Å². The molecule has 5 rings (SSSR count). The van der Waals surface area contributed by atoms with Crippen LogP contribution in [0.1, 0.15) is 48.9 Å². The van der Waals surface area contributed by atoms with Gasteiger partial charge >= 0.3 is 0 Å². The molecule has 30 heavy (non-hydrogen) atoms. The summed E-state index contributed by atoms with van der Waals surface area (Å²) in [6.45, 7) is 10.3. The van der Waals surface area contributed by atoms with Crippen molar-refractivity contribution < 1.29 is 9.47 Å². The molecular weight excluding hydrogens is 396 g/mol. The molecule has 164 valence electrons. The van der Waals surface area contributed by atoms with E-state index < -0.39 is 0 Å². The lowest BCUT2D eigenvalue weighted by Crippen LogP contribution is -2.39. The highest BCUT2D eigenvalue weighted by Gasteiger charge is 2.28. The van der Waals surface area contributed by atoms with Gasteiger partial charge in [0.2, 0.25) is 0 Å². The van der Waals surface area contributed by atoms with E-state index in [-0.39, 0.29) is 0 Å². The first-order chi connectivity index (χ1) is 14.8. The highest BCUT2D eigenvalue weighted by molar-refractivity contribution is 7.19. The summed E-state index contributed by atoms with van der Waals surface area (Å²) in [7, 11) is 0. The lowest BCUT2D eigenvalue weighted by Gasteiger charge is -2.34. The van der Waals surface area contributed by atoms with Gasteiger partial charge in [-0.1, -0.05) is 0 Å². The van der Waals surface area contributed by atoms with E-state index >= 15 is 0 Å². The van der Waals surface area contributed by atoms with Gasteiger partial charge in [0.25, 0.3) is 0 Å². The minimum Gasteiger partial charge on any atom is -0.381 e. The Morgan fingerprint density at radius 3 is 2.83 bits per heavy atom. The number of hydrogen-bond donors (Lipinski definition) is 0. The molecule has 0 bridgehead atoms. The third-order valence-corrected chi connectivity index (χ3v) is 7.87. The predicted molar refractivity (Wildman–Crippen MR) is 122 cm³/mol. The Morgan fingerprint density at radius 1 is 1.10 bits per heavy atom. The molecular formula is C23H34N4O2S. The molecule has 4 heterocycles. The van der Waals surface area contributed by atoms with Gasteiger partial charge in [-0.15, -0.1) is 11.3 Å². The van der Waals surface area contributed by atoms with Crippen LogP contribution in [0.25, 0.3) is 10.2 Å². The fourth-order valence-electron chi connectivity index (χ4n) is 5.12. The summed E-state index contributed by atoms with van der Waals surface area (Å²) in [6.07, 6.45) is 7.47. The molecule has 2 aromatic heterocycles. The van der Waals surface area contributed by atoms with Gasteiger partial charge in [-0.3, -0.25) is 4.90 Å². The standard InChI is InChI=1S/C23H34N4O2S/c1-2-28-16-17-6-5-9-27(14-17)22-21-18-7-3-4-8-19(18)30-23(21)25-20(24-22)15-26-10-12-29-13-11-26/h17H,2-16H2,1H3. The molecule has 6 nitrogen and oxygen atoms in total. The SMILES string of the molecule is CCOCC1CCCN(c2nc(CN3CCOCC3)nc3sc4c(c23)CCCC4)C1. The fraction of sp³-hybridized carbons (Fsp3) is 0.739. The summed E-state index contributed by atoms with van der Waals surface area (Å²) in [5, 5.41) is 1.36. The average Bonchev–Trinajstić information content (AvgIpc) is 3.16. The van der Waals surface area contributed by atoms with E-state index in [0.717, 1.165) is 65.0 Å². The summed E-state index contributed by atoms with van der Waals surface area (Å²) in [5.41, 5.74) is 1.54. The molecule has 1 atom stereocenters. The van der Waals surface area contributed by atoms with Gasteiger partial charge in [0, 0.05) is 37.7 Å². The van der Waals surface area contributed by atoms with Gasteiger partial charge in [0.05, 0.1) is 31.8 Å². The van der Waals surface area contributed by atoms with Crippen molar-refractivity contribution in [1.29, 1.82) is 0 Å². The van der Waals surface area contributed by atoms with E-state index in [0.29, 0.717) is 5.92 Å². The van der Waals surface area contributed by atoms with Crippen LogP contribution in [0, 0.1) is 5.92 Å². The third-order valence-electron chi connectivity index (χ3n) is 6.69. The molecule has 0 N–H and O–H groups in total. The molecule has 2 fully saturated rings. The van der Waals surface area contributed by atoms with Gasteiger partial charge in [-0.05, 0) is 56.9 Å². The van der Waals surface area contributed by atoms with Crippen molar-refractivity contribution in [3.8, 4) is 0 Å². The number of piperidine rings is 1. The normalized spacial score (nSPS) is 23.1. The number of fused-ring (bicyclic) bond motifs is 3. The molecule has 0 amide bonds. The molecule has 1 aliphatic carbocycles. The van der Waals surface area contributed by atoms with Crippen molar-refractivity contribution in [2.75, 3.05) is 57.5 Å². The van der Waals surface area contributed by atoms with Crippen LogP contribution in [0.2, 0.25) is 0 Å². The van der Waals surface area contributed by atoms with Crippen molar-refractivity contribution in [1.82, 2.24) is 14.9 Å². The van der Waals surface area contributed by atoms with E-state index in [1.54, 1.807) is 10.4 Å². The second-order valence-electron chi connectivity index (χ2n) is 8.86. The Balaban J connectivity index is 1.49. The zero-order valence-electron chi connectivity index (χ0n) is 18.2. The van der Waals surface area contributed by atoms with Crippen LogP contribution < -0.4 is 4.90 Å². The van der Waals surface area contributed by atoms with Gasteiger partial charge in [0.15, 0.2) is 0 Å². The molecule has 7 heteroatoms. The highest BCUT2D eigenvalue weighted by atomic mass is 32.1. The number of morpholine rings is 1. The quantitative estimate of drug-likeness (QED) is 0.697. The van der Waals surface area contributed by atoms with Crippen LogP contribution in [0.3, 0.4) is 0 Å². The number of rotatable bonds is 6. The van der Waals surface area contributed by atoms with Gasteiger partial charge in [-0.25, -0.2) is 9.97 Å². The van der Waals surface area contributed by atoms with Gasteiger partial charge < -0.3 is 14.4 Å². The van der Waals surface area contributed by atoms with Crippen LogP contribution in [-0.2, 0) is 28.9 Å². The molecule has 2 saturated heterocycles. The van der Waals surface area contributed by atoms with E-state index in [4.69, 9.17) is 19.4 Å². The van der Waals surface area contributed by atoms with E-state index in [1.165, 1.54) is 54.6 Å². The molecule has 2 aromatic rings. The lowest BCUT2D eigenvalue weighted by molar-refractivity contribution is 0.0331. The molecule has 0 saturated carbocycles. The van der Waals surface area contributed by atoms with E-state index in [9.17, 15) is 0 Å². The van der Waals surface area contributed by atoms with Crippen molar-refractivity contribution in [3.05, 3.63) is 16.3 Å². The Bertz CT molecular complexity index is 864. The summed E-state index contributed by atoms with van der Waals surface area (Å²) in [5.74, 6) is 2.77. The largest absolute Gasteiger partial charge is 0.381 e. The van der Waals surface area contributed by atoms with Gasteiger partial charge in [-0.2, -0.15) is 0 Å². The molecule has 0 aromatic carbocycles. The van der Waals surface area contributed by atoms with E-state index in [1.807, 2.05) is 11.3 Å². The maximum absolute atomic E-state index is 5.77. The number of hydrogen-bond acceptors (Lipinski definition) is 7. The molecule has 0 radical (unpaired) electrons. The number of ether oxygens (including phenoxy) is 2. The minimum atomic E-state index is 0.598. The second-order valence-corrected chi connectivity index (χ2v) is 9.94. The summed E-state index contributed by atoms with van der Waals surface area (Å²) >= 11 is 1.92. The first kappa shape index (κ1) is 20.6. The van der Waals surface area contributed by atoms with Crippen LogP contribution >= 0.6 is 11.3 Å². The zero-order chi connectivity index (χ0) is 20.3. The monoisotopic (exact) mass is 430 g/mol. The Hall–Kier alpha value is -1.28. The first-order valence-electron chi connectivity index (χ1n) is 11.8. The summed E-state index contributed by atoms with van der Waals surface area (Å²) < 4.78 is 11.3. The van der Waals surface area contributed by atoms with Crippen molar-refractivity contribution in [2.45, 2.75) is 52.0 Å². The number of aryl methyl sites for hydroxylation is 2. The smallest absolute Gasteiger partial charge is 0.146 e. The van der Waals surface area contributed by atoms with Crippen molar-refractivity contribution in [3.63, 3.8) is 0 Å². The van der Waals surface area contributed by atoms with Crippen molar-refractivity contribution >= 4 is 27.4 Å². The maximum atomic E-state index is 5.77. The second kappa shape index (κ2) is 9.47. The molecule has 1 unspecified atom stereocenters. The Labute approximate surface area is 183 Å². The number of thiophene rings is 1. The van der Waals surface area contributed by atoms with E-state index in [2.05, 4.69) is 16.7 Å². The summed E-state index contributed by atoms with van der Waals surface area (Å²) in [6, 6.07) is 0. The fourth-order valence-corrected chi connectivity index (χ4v) is 6.39. The number of nitrogens with zero attached hydrogens (tertiary/aromatic N) is 4. The first-order valence-corrected chi connectivity index (χ1v) is 12.6. The van der Waals surface area contributed by atoms with Crippen LogP contribution in [0.4, 0.5) is 5.82 Å². The van der Waals surface area contributed by atoms with Crippen molar-refractivity contribution in [2.24, 2.45) is 5.92 Å². The van der Waals surface area contributed by atoms with Crippen LogP contribution in [0.5, 0.6) is 0 Å². The molecule has 3 aliphatic rings. The Kier molecular flexibility index (Phi) is 6.51. The van der Waals surface area contributed by atoms with Crippen LogP contribution in [0.15, 0.2) is 0 Å². The number of aromatic nitrogens is 2. The summed E-state index contributed by atoms with van der Waals surface area (Å²) in [4.78, 5) is 18.0. The number of anilines is 1. The molecule has 0 spiro atoms. The third kappa shape index (κ3) is 4.35. The Morgan fingerprint density at radius 2 is 1.97 bits per heavy atom. The highest BCUT2D eigenvalue weighted by Crippen LogP contribution is 2.40. The maximum Gasteiger partial charge on any atom is 0.146 e. The average molecular weight is 431 g/mol. The zero-order valence-corrected chi connectivity index (χ0v) is 19.0. The molecule has 2 aliphatic heterocycles. The van der Waals surface area contributed by atoms with Gasteiger partial charge in [0.1, 0.15) is 16.5 Å².